The number of ether oxygens (including phenoxy) is 1. The van der Waals surface area contributed by atoms with Gasteiger partial charge in [-0.05, 0) is 104 Å². The van der Waals surface area contributed by atoms with E-state index in [2.05, 4.69) is 33.0 Å². The number of nitrogens with one attached hydrogen (secondary N) is 1. The van der Waals surface area contributed by atoms with Crippen molar-refractivity contribution in [2.75, 3.05) is 6.54 Å². The molecular formula is C27H45NO3. The van der Waals surface area contributed by atoms with Crippen LogP contribution >= 0.6 is 0 Å². The van der Waals surface area contributed by atoms with Gasteiger partial charge in [-0.2, -0.15) is 0 Å². The average molecular weight is 432 g/mol. The minimum Gasteiger partial charge on any atom is -0.393 e. The van der Waals surface area contributed by atoms with E-state index < -0.39 is 0 Å². The number of hydrogen-bond donors (Lipinski definition) is 3. The lowest BCUT2D eigenvalue weighted by atomic mass is 9.43. The smallest absolute Gasteiger partial charge is 0.122 e. The summed E-state index contributed by atoms with van der Waals surface area (Å²) in [4.78, 5) is 0. The van der Waals surface area contributed by atoms with Gasteiger partial charge in [-0.3, -0.25) is 5.32 Å². The second-order valence-corrected chi connectivity index (χ2v) is 13.4. The monoisotopic (exact) mass is 431 g/mol. The predicted octanol–water partition coefficient (Wildman–Crippen LogP) is 4.34. The number of hydrogen-bond acceptors (Lipinski definition) is 4. The van der Waals surface area contributed by atoms with Gasteiger partial charge in [0.05, 0.1) is 18.3 Å². The molecule has 4 aliphatic carbocycles. The van der Waals surface area contributed by atoms with E-state index in [9.17, 15) is 10.2 Å². The topological polar surface area (TPSA) is 61.7 Å². The molecule has 0 amide bonds. The Morgan fingerprint density at radius 3 is 2.39 bits per heavy atom. The van der Waals surface area contributed by atoms with Crippen molar-refractivity contribution >= 4 is 0 Å². The van der Waals surface area contributed by atoms with Crippen molar-refractivity contribution in [1.29, 1.82) is 0 Å². The Bertz CT molecular complexity index is 719. The molecule has 31 heavy (non-hydrogen) atoms. The van der Waals surface area contributed by atoms with Gasteiger partial charge in [-0.25, -0.2) is 0 Å². The molecule has 176 valence electrons. The standard InChI is InChI=1S/C27H45NO3/c1-15-5-10-27(28-14-15)16(2)24-22(31-27)13-20-23-19(7-9-26(20,24)4)25(3)8-6-18(29)11-17(25)12-21(23)30/h15-24,28-30H,5-14H2,1-4H3/t15?,16-,17?,18?,19-,20-,21?,22-,23+,24-,25-,26-,27?/m0/s1. The Morgan fingerprint density at radius 1 is 0.871 bits per heavy atom. The maximum absolute atomic E-state index is 11.5. The van der Waals surface area contributed by atoms with Crippen LogP contribution in [0.2, 0.25) is 0 Å². The molecule has 3 N–H and O–H groups in total. The summed E-state index contributed by atoms with van der Waals surface area (Å²) in [5.74, 6) is 4.03. The van der Waals surface area contributed by atoms with E-state index >= 15 is 0 Å². The highest BCUT2D eigenvalue weighted by Gasteiger charge is 2.69. The molecule has 6 rings (SSSR count). The molecule has 4 heteroatoms. The third-order valence-electron chi connectivity index (χ3n) is 12.1. The molecule has 2 aliphatic heterocycles. The first-order valence-corrected chi connectivity index (χ1v) is 13.5. The van der Waals surface area contributed by atoms with Crippen LogP contribution in [0.25, 0.3) is 0 Å². The van der Waals surface area contributed by atoms with Crippen LogP contribution < -0.4 is 5.32 Å². The highest BCUT2D eigenvalue weighted by atomic mass is 16.5. The third kappa shape index (κ3) is 2.80. The molecule has 0 aromatic heterocycles. The van der Waals surface area contributed by atoms with Crippen LogP contribution in [0, 0.1) is 52.3 Å². The molecular weight excluding hydrogens is 386 g/mol. The molecule has 1 spiro atoms. The van der Waals surface area contributed by atoms with E-state index in [1.54, 1.807) is 0 Å². The van der Waals surface area contributed by atoms with Crippen molar-refractivity contribution in [3.63, 3.8) is 0 Å². The summed E-state index contributed by atoms with van der Waals surface area (Å²) in [7, 11) is 0. The minimum absolute atomic E-state index is 0.103. The molecule has 0 bridgehead atoms. The van der Waals surface area contributed by atoms with Crippen LogP contribution in [0.5, 0.6) is 0 Å². The first-order chi connectivity index (χ1) is 14.7. The second kappa shape index (κ2) is 6.93. The fourth-order valence-corrected chi connectivity index (χ4v) is 10.4. The van der Waals surface area contributed by atoms with E-state index in [4.69, 9.17) is 4.74 Å². The molecule has 2 heterocycles. The van der Waals surface area contributed by atoms with Gasteiger partial charge in [0.25, 0.3) is 0 Å². The maximum Gasteiger partial charge on any atom is 0.122 e. The number of aliphatic hydroxyl groups is 2. The van der Waals surface area contributed by atoms with E-state index in [0.29, 0.717) is 47.0 Å². The van der Waals surface area contributed by atoms with Gasteiger partial charge in [-0.15, -0.1) is 0 Å². The van der Waals surface area contributed by atoms with Crippen LogP contribution in [0.15, 0.2) is 0 Å². The first kappa shape index (κ1) is 21.4. The van der Waals surface area contributed by atoms with Crippen LogP contribution in [0.4, 0.5) is 0 Å². The zero-order valence-electron chi connectivity index (χ0n) is 20.1. The maximum atomic E-state index is 11.5. The summed E-state index contributed by atoms with van der Waals surface area (Å²) < 4.78 is 6.97. The zero-order valence-corrected chi connectivity index (χ0v) is 20.1. The van der Waals surface area contributed by atoms with Crippen molar-refractivity contribution < 1.29 is 14.9 Å². The van der Waals surface area contributed by atoms with Gasteiger partial charge in [0.2, 0.25) is 0 Å². The lowest BCUT2D eigenvalue weighted by molar-refractivity contribution is -0.179. The Hall–Kier alpha value is -0.160. The number of fused-ring (bicyclic) bond motifs is 7. The Kier molecular flexibility index (Phi) is 4.78. The summed E-state index contributed by atoms with van der Waals surface area (Å²) in [6.45, 7) is 11.0. The van der Waals surface area contributed by atoms with Crippen molar-refractivity contribution in [3.05, 3.63) is 0 Å². The van der Waals surface area contributed by atoms with Gasteiger partial charge in [0.1, 0.15) is 5.72 Å². The van der Waals surface area contributed by atoms with Crippen molar-refractivity contribution in [1.82, 2.24) is 5.32 Å². The quantitative estimate of drug-likeness (QED) is 0.534. The van der Waals surface area contributed by atoms with Crippen LogP contribution in [-0.2, 0) is 4.74 Å². The van der Waals surface area contributed by atoms with E-state index in [1.807, 2.05) is 0 Å². The number of piperidine rings is 1. The van der Waals surface area contributed by atoms with E-state index in [0.717, 1.165) is 51.0 Å². The van der Waals surface area contributed by atoms with Gasteiger partial charge in [0.15, 0.2) is 0 Å². The normalized spacial score (nSPS) is 63.3. The lowest BCUT2D eigenvalue weighted by Crippen LogP contribution is -2.60. The SMILES string of the molecule is CC1CCC2(NC1)O[C@H]1C[C@H]3[C@@H]4C(O)CC5CC(O)CC[C@]5(C)[C@H]4CC[C@]3(C)[C@H]1[C@@H]2C. The number of rotatable bonds is 0. The summed E-state index contributed by atoms with van der Waals surface area (Å²) >= 11 is 0. The van der Waals surface area contributed by atoms with Gasteiger partial charge < -0.3 is 14.9 Å². The number of aliphatic hydroxyl groups excluding tert-OH is 2. The Balaban J connectivity index is 1.29. The van der Waals surface area contributed by atoms with Crippen LogP contribution in [-0.4, -0.2) is 40.8 Å². The Morgan fingerprint density at radius 2 is 1.65 bits per heavy atom. The first-order valence-electron chi connectivity index (χ1n) is 13.5. The molecule has 0 aromatic rings. The molecule has 5 unspecified atom stereocenters. The summed E-state index contributed by atoms with van der Waals surface area (Å²) in [5, 5.41) is 25.6. The molecule has 2 saturated heterocycles. The van der Waals surface area contributed by atoms with Gasteiger partial charge in [0, 0.05) is 12.5 Å². The van der Waals surface area contributed by atoms with Crippen molar-refractivity contribution in [2.24, 2.45) is 52.3 Å². The summed E-state index contributed by atoms with van der Waals surface area (Å²) in [5.41, 5.74) is 0.489. The molecule has 6 fully saturated rings. The van der Waals surface area contributed by atoms with Gasteiger partial charge >= 0.3 is 0 Å². The average Bonchev–Trinajstić information content (AvgIpc) is 3.16. The fourth-order valence-electron chi connectivity index (χ4n) is 10.4. The fraction of sp³-hybridized carbons (Fsp3) is 1.00. The molecule has 6 aliphatic rings. The molecule has 0 radical (unpaired) electrons. The molecule has 0 aromatic carbocycles. The zero-order chi connectivity index (χ0) is 21.8. The van der Waals surface area contributed by atoms with Gasteiger partial charge in [-0.1, -0.05) is 27.7 Å². The van der Waals surface area contributed by atoms with Crippen molar-refractivity contribution in [2.45, 2.75) is 110 Å². The second-order valence-electron chi connectivity index (χ2n) is 13.4. The molecule has 4 saturated carbocycles. The highest BCUT2D eigenvalue weighted by molar-refractivity contribution is 5.17. The predicted molar refractivity (Wildman–Crippen MR) is 121 cm³/mol. The highest BCUT2D eigenvalue weighted by Crippen LogP contribution is 2.71. The van der Waals surface area contributed by atoms with E-state index in [-0.39, 0.29) is 23.3 Å². The van der Waals surface area contributed by atoms with Crippen molar-refractivity contribution in [3.8, 4) is 0 Å². The lowest BCUT2D eigenvalue weighted by Gasteiger charge is -2.62. The summed E-state index contributed by atoms with van der Waals surface area (Å²) in [6, 6.07) is 0. The molecule has 13 atom stereocenters. The van der Waals surface area contributed by atoms with Crippen LogP contribution in [0.3, 0.4) is 0 Å². The van der Waals surface area contributed by atoms with E-state index in [1.165, 1.54) is 19.3 Å². The third-order valence-corrected chi connectivity index (χ3v) is 12.1. The molecule has 4 nitrogen and oxygen atoms in total. The largest absolute Gasteiger partial charge is 0.393 e. The van der Waals surface area contributed by atoms with Crippen LogP contribution in [0.1, 0.15) is 85.5 Å². The summed E-state index contributed by atoms with van der Waals surface area (Å²) in [6.07, 6.45) is 10.0. The Labute approximate surface area is 188 Å². The minimum atomic E-state index is -0.199.